The van der Waals surface area contributed by atoms with Gasteiger partial charge in [-0.1, -0.05) is 40.2 Å². The Bertz CT molecular complexity index is 830. The summed E-state index contributed by atoms with van der Waals surface area (Å²) in [5.74, 6) is 0.500. The smallest absolute Gasteiger partial charge is 0.337 e. The Labute approximate surface area is 149 Å². The van der Waals surface area contributed by atoms with Gasteiger partial charge in [-0.05, 0) is 53.8 Å². The molecule has 2 aliphatic rings. The van der Waals surface area contributed by atoms with E-state index in [1.165, 1.54) is 18.2 Å². The minimum atomic E-state index is -0.287. The van der Waals surface area contributed by atoms with Crippen LogP contribution in [0.4, 0.5) is 5.69 Å². The monoisotopic (exact) mass is 383 g/mol. The van der Waals surface area contributed by atoms with Crippen LogP contribution in [0, 0.1) is 5.92 Å². The number of methoxy groups -OCH3 is 1. The average molecular weight is 384 g/mol. The molecule has 4 rings (SSSR count). The molecule has 1 aliphatic carbocycles. The Morgan fingerprint density at radius 3 is 2.92 bits per heavy atom. The van der Waals surface area contributed by atoms with Crippen LogP contribution in [0.1, 0.15) is 39.9 Å². The van der Waals surface area contributed by atoms with E-state index in [4.69, 9.17) is 4.74 Å². The van der Waals surface area contributed by atoms with Crippen LogP contribution in [0.15, 0.2) is 59.1 Å². The average Bonchev–Trinajstić information content (AvgIpc) is 3.10. The van der Waals surface area contributed by atoms with Crippen molar-refractivity contribution >= 4 is 27.6 Å². The van der Waals surface area contributed by atoms with Gasteiger partial charge in [0.25, 0.3) is 0 Å². The number of hydrogen-bond donors (Lipinski definition) is 1. The van der Waals surface area contributed by atoms with Crippen LogP contribution in [0.25, 0.3) is 0 Å². The molecule has 0 bridgehead atoms. The summed E-state index contributed by atoms with van der Waals surface area (Å²) in [6.45, 7) is 0. The largest absolute Gasteiger partial charge is 0.465 e. The lowest BCUT2D eigenvalue weighted by molar-refractivity contribution is 0.0600. The Morgan fingerprint density at radius 2 is 2.12 bits per heavy atom. The molecule has 24 heavy (non-hydrogen) atoms. The lowest BCUT2D eigenvalue weighted by Crippen LogP contribution is -2.29. The summed E-state index contributed by atoms with van der Waals surface area (Å²) in [7, 11) is 1.42. The van der Waals surface area contributed by atoms with E-state index >= 15 is 0 Å². The van der Waals surface area contributed by atoms with Gasteiger partial charge in [0.15, 0.2) is 0 Å². The summed E-state index contributed by atoms with van der Waals surface area (Å²) >= 11 is 3.57. The lowest BCUT2D eigenvalue weighted by Gasteiger charge is -2.37. The molecule has 0 saturated carbocycles. The van der Waals surface area contributed by atoms with Gasteiger partial charge in [0.2, 0.25) is 0 Å². The maximum Gasteiger partial charge on any atom is 0.337 e. The maximum atomic E-state index is 11.8. The number of benzene rings is 2. The van der Waals surface area contributed by atoms with Gasteiger partial charge < -0.3 is 10.1 Å². The molecule has 2 aromatic carbocycles. The minimum absolute atomic E-state index is 0.263. The van der Waals surface area contributed by atoms with Gasteiger partial charge >= 0.3 is 5.97 Å². The van der Waals surface area contributed by atoms with Crippen molar-refractivity contribution in [2.75, 3.05) is 12.4 Å². The summed E-state index contributed by atoms with van der Waals surface area (Å²) in [5.41, 5.74) is 4.17. The number of allylic oxidation sites excluding steroid dienone is 2. The zero-order chi connectivity index (χ0) is 16.7. The molecule has 1 heterocycles. The third-order valence-corrected chi connectivity index (χ3v) is 5.48. The quantitative estimate of drug-likeness (QED) is 0.581. The molecule has 3 atom stereocenters. The van der Waals surface area contributed by atoms with Crippen LogP contribution in [0.5, 0.6) is 0 Å². The zero-order valence-electron chi connectivity index (χ0n) is 13.3. The van der Waals surface area contributed by atoms with Crippen LogP contribution < -0.4 is 5.32 Å². The summed E-state index contributed by atoms with van der Waals surface area (Å²) in [6, 6.07) is 14.5. The highest BCUT2D eigenvalue weighted by atomic mass is 79.9. The first kappa shape index (κ1) is 15.5. The molecule has 2 unspecified atom stereocenters. The second-order valence-corrected chi connectivity index (χ2v) is 7.24. The number of fused-ring (bicyclic) bond motifs is 3. The van der Waals surface area contributed by atoms with Crippen molar-refractivity contribution < 1.29 is 9.53 Å². The fraction of sp³-hybridized carbons (Fsp3) is 0.250. The maximum absolute atomic E-state index is 11.8. The molecule has 1 N–H and O–H groups in total. The Balaban J connectivity index is 1.76. The summed E-state index contributed by atoms with van der Waals surface area (Å²) in [4.78, 5) is 11.8. The van der Waals surface area contributed by atoms with Crippen LogP contribution >= 0.6 is 15.9 Å². The van der Waals surface area contributed by atoms with E-state index in [0.717, 1.165) is 16.6 Å². The predicted molar refractivity (Wildman–Crippen MR) is 98.3 cm³/mol. The van der Waals surface area contributed by atoms with Gasteiger partial charge in [-0.15, -0.1) is 0 Å². The molecule has 0 spiro atoms. The SMILES string of the molecule is COC(=O)c1ccc2c(c1)C1C=CCC1[C@@H](c1cccc(Br)c1)N2. The van der Waals surface area contributed by atoms with Crippen LogP contribution in [-0.4, -0.2) is 13.1 Å². The van der Waals surface area contributed by atoms with Gasteiger partial charge in [-0.3, -0.25) is 0 Å². The fourth-order valence-corrected chi connectivity index (χ4v) is 4.29. The second-order valence-electron chi connectivity index (χ2n) is 6.32. The summed E-state index contributed by atoms with van der Waals surface area (Å²) in [6.07, 6.45) is 5.56. The number of anilines is 1. The van der Waals surface area contributed by atoms with E-state index < -0.39 is 0 Å². The molecule has 3 nitrogen and oxygen atoms in total. The molecule has 122 valence electrons. The third kappa shape index (κ3) is 2.55. The Kier molecular flexibility index (Phi) is 3.93. The number of nitrogens with one attached hydrogen (secondary N) is 1. The Morgan fingerprint density at radius 1 is 1.25 bits per heavy atom. The summed E-state index contributed by atoms with van der Waals surface area (Å²) in [5, 5.41) is 3.68. The van der Waals surface area contributed by atoms with Crippen molar-refractivity contribution in [1.82, 2.24) is 0 Å². The highest BCUT2D eigenvalue weighted by Gasteiger charge is 2.38. The molecule has 0 fully saturated rings. The highest BCUT2D eigenvalue weighted by Crippen LogP contribution is 2.50. The second kappa shape index (κ2) is 6.10. The third-order valence-electron chi connectivity index (χ3n) is 4.99. The molecule has 0 aromatic heterocycles. The molecular formula is C20H18BrNO2. The first-order valence-corrected chi connectivity index (χ1v) is 8.87. The topological polar surface area (TPSA) is 38.3 Å². The summed E-state index contributed by atoms with van der Waals surface area (Å²) < 4.78 is 5.95. The Hall–Kier alpha value is -2.07. The first-order chi connectivity index (χ1) is 11.7. The number of hydrogen-bond acceptors (Lipinski definition) is 3. The molecule has 2 aromatic rings. The van der Waals surface area contributed by atoms with Gasteiger partial charge in [-0.2, -0.15) is 0 Å². The van der Waals surface area contributed by atoms with Crippen LogP contribution in [-0.2, 0) is 4.74 Å². The minimum Gasteiger partial charge on any atom is -0.465 e. The van der Waals surface area contributed by atoms with E-state index in [1.54, 1.807) is 0 Å². The van der Waals surface area contributed by atoms with Gasteiger partial charge in [0.1, 0.15) is 0 Å². The fourth-order valence-electron chi connectivity index (χ4n) is 3.87. The molecular weight excluding hydrogens is 366 g/mol. The van der Waals surface area contributed by atoms with Crippen molar-refractivity contribution in [3.8, 4) is 0 Å². The number of carbonyl (C=O) groups is 1. The van der Waals surface area contributed by atoms with E-state index in [-0.39, 0.29) is 12.0 Å². The van der Waals surface area contributed by atoms with Gasteiger partial charge in [-0.25, -0.2) is 4.79 Å². The number of halogens is 1. The van der Waals surface area contributed by atoms with Crippen LogP contribution in [0.3, 0.4) is 0 Å². The predicted octanol–water partition coefficient (Wildman–Crippen LogP) is 5.06. The standard InChI is InChI=1S/C20H18BrNO2/c1-24-20(23)13-8-9-18-17(11-13)15-6-3-7-16(15)19(22-18)12-4-2-5-14(21)10-12/h2-6,8-11,15-16,19,22H,7H2,1H3/t15?,16?,19-/m1/s1. The normalized spacial score (nSPS) is 24.0. The molecule has 0 radical (unpaired) electrons. The van der Waals surface area contributed by atoms with Crippen molar-refractivity contribution in [2.45, 2.75) is 18.4 Å². The van der Waals surface area contributed by atoms with Crippen molar-refractivity contribution in [3.63, 3.8) is 0 Å². The van der Waals surface area contributed by atoms with E-state index in [1.807, 2.05) is 24.3 Å². The molecule has 4 heteroatoms. The number of ether oxygens (including phenoxy) is 1. The van der Waals surface area contributed by atoms with Gasteiger partial charge in [0, 0.05) is 16.1 Å². The zero-order valence-corrected chi connectivity index (χ0v) is 14.9. The first-order valence-electron chi connectivity index (χ1n) is 8.08. The number of carbonyl (C=O) groups excluding carboxylic acids is 1. The molecule has 0 amide bonds. The van der Waals surface area contributed by atoms with E-state index in [2.05, 4.69) is 51.6 Å². The highest BCUT2D eigenvalue weighted by molar-refractivity contribution is 9.10. The van der Waals surface area contributed by atoms with Crippen LogP contribution in [0.2, 0.25) is 0 Å². The molecule has 1 aliphatic heterocycles. The van der Waals surface area contributed by atoms with Crippen molar-refractivity contribution in [2.24, 2.45) is 5.92 Å². The number of esters is 1. The number of rotatable bonds is 2. The van der Waals surface area contributed by atoms with Crippen molar-refractivity contribution in [1.29, 1.82) is 0 Å². The lowest BCUT2D eigenvalue weighted by atomic mass is 9.76. The van der Waals surface area contributed by atoms with Gasteiger partial charge in [0.05, 0.1) is 18.7 Å². The van der Waals surface area contributed by atoms with E-state index in [0.29, 0.717) is 17.4 Å². The van der Waals surface area contributed by atoms with E-state index in [9.17, 15) is 4.79 Å². The van der Waals surface area contributed by atoms with Crippen molar-refractivity contribution in [3.05, 3.63) is 75.8 Å². The molecule has 0 saturated heterocycles.